The van der Waals surface area contributed by atoms with Crippen molar-refractivity contribution in [3.8, 4) is 0 Å². The van der Waals surface area contributed by atoms with Crippen molar-refractivity contribution in [2.24, 2.45) is 0 Å². The highest BCUT2D eigenvalue weighted by molar-refractivity contribution is 9.10. The number of aliphatic hydroxyl groups is 1. The van der Waals surface area contributed by atoms with Crippen LogP contribution in [0, 0.1) is 0 Å². The fraction of sp³-hybridized carbons (Fsp3) is 0.250. The van der Waals surface area contributed by atoms with Gasteiger partial charge in [-0.1, -0.05) is 46.3 Å². The van der Waals surface area contributed by atoms with Crippen LogP contribution in [-0.4, -0.2) is 17.0 Å². The van der Waals surface area contributed by atoms with Crippen LogP contribution < -0.4 is 0 Å². The Morgan fingerprint density at radius 3 is 2.68 bits per heavy atom. The van der Waals surface area contributed by atoms with Crippen LogP contribution in [0.5, 0.6) is 0 Å². The second kappa shape index (κ2) is 5.70. The fourth-order valence-electron chi connectivity index (χ4n) is 2.51. The van der Waals surface area contributed by atoms with Gasteiger partial charge in [-0.3, -0.25) is 0 Å². The van der Waals surface area contributed by atoms with Crippen LogP contribution in [0.2, 0.25) is 0 Å². The molecule has 3 rings (SSSR count). The summed E-state index contributed by atoms with van der Waals surface area (Å²) in [4.78, 5) is 1.32. The quantitative estimate of drug-likeness (QED) is 0.905. The molecular weight excluding hydrogens is 320 g/mol. The molecule has 0 saturated carbocycles. The lowest BCUT2D eigenvalue weighted by atomic mass is 9.91. The van der Waals surface area contributed by atoms with Gasteiger partial charge in [-0.05, 0) is 35.7 Å². The topological polar surface area (TPSA) is 20.2 Å². The maximum Gasteiger partial charge on any atom is 0.0657 e. The van der Waals surface area contributed by atoms with Gasteiger partial charge in [0.1, 0.15) is 0 Å². The summed E-state index contributed by atoms with van der Waals surface area (Å²) < 4.78 is 1.08. The van der Waals surface area contributed by atoms with Crippen LogP contribution in [-0.2, 0) is 6.42 Å². The summed E-state index contributed by atoms with van der Waals surface area (Å²) in [6.45, 7) is 0. The molecule has 98 valence electrons. The van der Waals surface area contributed by atoms with Crippen LogP contribution in [0.15, 0.2) is 57.9 Å². The summed E-state index contributed by atoms with van der Waals surface area (Å²) in [7, 11) is 0. The van der Waals surface area contributed by atoms with Crippen LogP contribution in [0.25, 0.3) is 0 Å². The van der Waals surface area contributed by atoms with E-state index in [1.807, 2.05) is 23.9 Å². The fourth-order valence-corrected chi connectivity index (χ4v) is 4.10. The third-order valence-electron chi connectivity index (χ3n) is 3.56. The van der Waals surface area contributed by atoms with E-state index in [1.54, 1.807) is 0 Å². The number of thioether (sulfide) groups is 1. The van der Waals surface area contributed by atoms with Gasteiger partial charge in [0.25, 0.3) is 0 Å². The Bertz CT molecular complexity index is 567. The predicted molar refractivity (Wildman–Crippen MR) is 83.8 cm³/mol. The predicted octanol–water partition coefficient (Wildman–Crippen LogP) is 4.24. The molecule has 2 atom stereocenters. The Kier molecular flexibility index (Phi) is 3.96. The number of hydrogen-bond donors (Lipinski definition) is 1. The minimum atomic E-state index is -0.308. The number of halogens is 1. The molecule has 0 aromatic heterocycles. The molecule has 1 aliphatic rings. The molecule has 0 aliphatic carbocycles. The normalized spacial score (nSPS) is 19.2. The monoisotopic (exact) mass is 334 g/mol. The molecule has 0 spiro atoms. The molecule has 0 fully saturated rings. The van der Waals surface area contributed by atoms with Crippen LogP contribution >= 0.6 is 27.7 Å². The van der Waals surface area contributed by atoms with Crippen molar-refractivity contribution in [1.29, 1.82) is 0 Å². The number of rotatable bonds is 3. The molecule has 2 unspecified atom stereocenters. The molecule has 0 amide bonds. The van der Waals surface area contributed by atoms with Crippen molar-refractivity contribution < 1.29 is 5.11 Å². The van der Waals surface area contributed by atoms with Gasteiger partial charge < -0.3 is 5.11 Å². The van der Waals surface area contributed by atoms with Gasteiger partial charge in [-0.25, -0.2) is 0 Å². The standard InChI is InChI=1S/C16H15BrOS/c17-12-7-5-11(6-8-12)9-15(18)14-10-19-16-4-2-1-3-13(14)16/h1-8,14-15,18H,9-10H2. The van der Waals surface area contributed by atoms with Crippen molar-refractivity contribution >= 4 is 27.7 Å². The number of fused-ring (bicyclic) bond motifs is 1. The van der Waals surface area contributed by atoms with Crippen LogP contribution in [0.1, 0.15) is 17.0 Å². The lowest BCUT2D eigenvalue weighted by Crippen LogP contribution is -2.21. The van der Waals surface area contributed by atoms with Crippen molar-refractivity contribution in [2.45, 2.75) is 23.3 Å². The Morgan fingerprint density at radius 2 is 1.89 bits per heavy atom. The number of hydrogen-bond acceptors (Lipinski definition) is 2. The van der Waals surface area contributed by atoms with E-state index in [-0.39, 0.29) is 12.0 Å². The van der Waals surface area contributed by atoms with Crippen LogP contribution in [0.4, 0.5) is 0 Å². The van der Waals surface area contributed by atoms with Gasteiger partial charge >= 0.3 is 0 Å². The lowest BCUT2D eigenvalue weighted by molar-refractivity contribution is 0.151. The van der Waals surface area contributed by atoms with Crippen LogP contribution in [0.3, 0.4) is 0 Å². The van der Waals surface area contributed by atoms with E-state index in [2.05, 4.69) is 52.3 Å². The minimum Gasteiger partial charge on any atom is -0.392 e. The first-order valence-corrected chi connectivity index (χ1v) is 8.16. The largest absolute Gasteiger partial charge is 0.392 e. The smallest absolute Gasteiger partial charge is 0.0657 e. The van der Waals surface area contributed by atoms with E-state index >= 15 is 0 Å². The highest BCUT2D eigenvalue weighted by Gasteiger charge is 2.28. The van der Waals surface area contributed by atoms with Gasteiger partial charge in [0.05, 0.1) is 6.10 Å². The summed E-state index contributed by atoms with van der Waals surface area (Å²) >= 11 is 5.28. The molecule has 0 radical (unpaired) electrons. The van der Waals surface area contributed by atoms with E-state index in [0.29, 0.717) is 6.42 Å². The van der Waals surface area contributed by atoms with Crippen molar-refractivity contribution in [3.05, 3.63) is 64.1 Å². The average Bonchev–Trinajstić information content (AvgIpc) is 2.85. The first-order valence-electron chi connectivity index (χ1n) is 6.38. The summed E-state index contributed by atoms with van der Waals surface area (Å²) in [5.74, 6) is 1.24. The molecule has 2 aromatic rings. The first kappa shape index (κ1) is 13.2. The van der Waals surface area contributed by atoms with E-state index in [0.717, 1.165) is 10.2 Å². The minimum absolute atomic E-state index is 0.254. The average molecular weight is 335 g/mol. The molecule has 0 bridgehead atoms. The third kappa shape index (κ3) is 2.88. The van der Waals surface area contributed by atoms with E-state index in [4.69, 9.17) is 0 Å². The summed E-state index contributed by atoms with van der Waals surface area (Å²) in [5, 5.41) is 10.5. The van der Waals surface area contributed by atoms with Crippen molar-refractivity contribution in [2.75, 3.05) is 5.75 Å². The lowest BCUT2D eigenvalue weighted by Gasteiger charge is -2.18. The highest BCUT2D eigenvalue weighted by Crippen LogP contribution is 2.41. The SMILES string of the molecule is OC(Cc1ccc(Br)cc1)C1CSc2ccccc21. The van der Waals surface area contributed by atoms with Gasteiger partial charge in [0.2, 0.25) is 0 Å². The van der Waals surface area contributed by atoms with Gasteiger partial charge in [-0.2, -0.15) is 0 Å². The molecule has 0 saturated heterocycles. The summed E-state index contributed by atoms with van der Waals surface area (Å²) in [5.41, 5.74) is 2.49. The van der Waals surface area contributed by atoms with E-state index < -0.39 is 0 Å². The zero-order valence-corrected chi connectivity index (χ0v) is 12.8. The number of aliphatic hydroxyl groups excluding tert-OH is 1. The third-order valence-corrected chi connectivity index (χ3v) is 5.30. The number of benzene rings is 2. The van der Waals surface area contributed by atoms with Gasteiger partial charge in [0.15, 0.2) is 0 Å². The molecule has 2 aromatic carbocycles. The van der Waals surface area contributed by atoms with E-state index in [9.17, 15) is 5.11 Å². The molecule has 3 heteroatoms. The maximum atomic E-state index is 10.5. The Labute approximate surface area is 126 Å². The first-order chi connectivity index (χ1) is 9.24. The molecular formula is C16H15BrOS. The zero-order valence-electron chi connectivity index (χ0n) is 10.4. The molecule has 1 nitrogen and oxygen atoms in total. The van der Waals surface area contributed by atoms with Gasteiger partial charge in [-0.15, -0.1) is 11.8 Å². The van der Waals surface area contributed by atoms with Gasteiger partial charge in [0, 0.05) is 21.0 Å². The molecule has 1 N–H and O–H groups in total. The molecule has 1 heterocycles. The second-order valence-corrected chi connectivity index (χ2v) is 6.83. The van der Waals surface area contributed by atoms with Crippen molar-refractivity contribution in [1.82, 2.24) is 0 Å². The van der Waals surface area contributed by atoms with E-state index in [1.165, 1.54) is 16.0 Å². The Hall–Kier alpha value is -0.770. The second-order valence-electron chi connectivity index (χ2n) is 4.85. The zero-order chi connectivity index (χ0) is 13.2. The highest BCUT2D eigenvalue weighted by atomic mass is 79.9. The molecule has 1 aliphatic heterocycles. The maximum absolute atomic E-state index is 10.5. The van der Waals surface area contributed by atoms with Crippen molar-refractivity contribution in [3.63, 3.8) is 0 Å². The Balaban J connectivity index is 1.75. The Morgan fingerprint density at radius 1 is 1.16 bits per heavy atom. The summed E-state index contributed by atoms with van der Waals surface area (Å²) in [6, 6.07) is 16.6. The molecule has 19 heavy (non-hydrogen) atoms. The summed E-state index contributed by atoms with van der Waals surface area (Å²) in [6.07, 6.45) is 0.407.